The zero-order valence-electron chi connectivity index (χ0n) is 42.5. The molecule has 0 spiro atoms. The number of piperidine rings is 2. The summed E-state index contributed by atoms with van der Waals surface area (Å²) in [5.74, 6) is 0. The predicted octanol–water partition coefficient (Wildman–Crippen LogP) is 5.47. The average Bonchev–Trinajstić information content (AvgIpc) is 4.11. The van der Waals surface area contributed by atoms with E-state index in [1.165, 1.54) is 22.7 Å². The van der Waals surface area contributed by atoms with Crippen LogP contribution in [0.3, 0.4) is 0 Å². The first-order valence-electron chi connectivity index (χ1n) is 25.3. The normalized spacial score (nSPS) is 28.4. The van der Waals surface area contributed by atoms with Gasteiger partial charge < -0.3 is 39.0 Å². The van der Waals surface area contributed by atoms with Crippen LogP contribution in [0.15, 0.2) is 92.0 Å². The van der Waals surface area contributed by atoms with E-state index in [-0.39, 0.29) is 48.5 Å². The van der Waals surface area contributed by atoms with Gasteiger partial charge >= 0.3 is 0 Å². The van der Waals surface area contributed by atoms with Crippen molar-refractivity contribution in [3.8, 4) is 0 Å². The first-order chi connectivity index (χ1) is 34.3. The van der Waals surface area contributed by atoms with Crippen molar-refractivity contribution < 1.29 is 46.0 Å². The topological polar surface area (TPSA) is 165 Å². The number of hydrogen-bond acceptors (Lipinski definition) is 16. The number of thiophene rings is 2. The molecule has 4 aromatic rings. The summed E-state index contributed by atoms with van der Waals surface area (Å²) < 4.78 is 80.9. The molecular weight excluding hydrogens is 997 g/mol. The van der Waals surface area contributed by atoms with Gasteiger partial charge in [0.1, 0.15) is 8.42 Å². The lowest BCUT2D eigenvalue weighted by molar-refractivity contribution is -0.114. The molecule has 10 rings (SSSR count). The molecule has 0 radical (unpaired) electrons. The molecular formula is C52H74N6O10S4. The highest BCUT2D eigenvalue weighted by Crippen LogP contribution is 2.36. The van der Waals surface area contributed by atoms with Crippen molar-refractivity contribution >= 4 is 54.1 Å². The Balaban J connectivity index is 0.000000178. The van der Waals surface area contributed by atoms with Crippen LogP contribution in [-0.4, -0.2) is 187 Å². The van der Waals surface area contributed by atoms with Gasteiger partial charge in [0.25, 0.3) is 20.0 Å². The van der Waals surface area contributed by atoms with E-state index in [2.05, 4.69) is 19.6 Å². The Labute approximate surface area is 435 Å². The van der Waals surface area contributed by atoms with Gasteiger partial charge in [-0.15, -0.1) is 22.7 Å². The molecule has 2 aromatic carbocycles. The van der Waals surface area contributed by atoms with Gasteiger partial charge in [-0.2, -0.15) is 8.61 Å². The number of fused-ring (bicyclic) bond motifs is 4. The lowest BCUT2D eigenvalue weighted by Gasteiger charge is -2.51. The van der Waals surface area contributed by atoms with Gasteiger partial charge in [-0.3, -0.25) is 9.80 Å². The molecule has 0 amide bonds. The summed E-state index contributed by atoms with van der Waals surface area (Å²) in [5.41, 5.74) is 2.00. The van der Waals surface area contributed by atoms with E-state index >= 15 is 0 Å². The SMILES string of the molecule is COC1C[C@H]2COC[C@@H](C1)N2C[C@H]1CN(S(=O)(=O)c2cccs2)CCN1c1ccc(C(C)(C)O)cc1.COC1C[C@H]2COC[C@@H](C1)N2C[C@H]1CN(S(=O)(=O)c2cccs2)CCN1c1ccc(C(C)(C)O)cc1. The van der Waals surface area contributed by atoms with Crippen LogP contribution in [0.25, 0.3) is 0 Å². The van der Waals surface area contributed by atoms with Crippen LogP contribution in [0.5, 0.6) is 0 Å². The first-order valence-corrected chi connectivity index (χ1v) is 30.0. The number of ether oxygens (including phenoxy) is 4. The third-order valence-corrected chi connectivity index (χ3v) is 22.1. The Morgan fingerprint density at radius 3 is 1.19 bits per heavy atom. The summed E-state index contributed by atoms with van der Waals surface area (Å²) in [7, 11) is -3.49. The molecule has 0 saturated carbocycles. The van der Waals surface area contributed by atoms with Crippen LogP contribution in [0, 0.1) is 0 Å². The maximum absolute atomic E-state index is 13.4. The molecule has 4 bridgehead atoms. The molecule has 8 heterocycles. The maximum atomic E-state index is 13.4. The number of piperazine rings is 2. The summed E-state index contributed by atoms with van der Waals surface area (Å²) >= 11 is 2.54. The Morgan fingerprint density at radius 1 is 0.556 bits per heavy atom. The molecule has 72 heavy (non-hydrogen) atoms. The van der Waals surface area contributed by atoms with E-state index in [1.807, 2.05) is 59.3 Å². The zero-order valence-corrected chi connectivity index (χ0v) is 45.8. The molecule has 2 N–H and O–H groups in total. The number of aliphatic hydroxyl groups is 2. The number of morpholine rings is 2. The number of rotatable bonds is 14. The Bertz CT molecular complexity index is 2390. The number of benzene rings is 2. The fraction of sp³-hybridized carbons (Fsp3) is 0.615. The number of sulfonamides is 2. The Morgan fingerprint density at radius 2 is 0.903 bits per heavy atom. The molecule has 8 atom stereocenters. The van der Waals surface area contributed by atoms with E-state index in [0.717, 1.165) is 61.3 Å². The fourth-order valence-corrected chi connectivity index (χ4v) is 16.9. The molecule has 16 nitrogen and oxygen atoms in total. The number of hydrogen-bond donors (Lipinski definition) is 2. The van der Waals surface area contributed by atoms with Crippen molar-refractivity contribution in [3.05, 3.63) is 94.7 Å². The van der Waals surface area contributed by atoms with Gasteiger partial charge in [-0.1, -0.05) is 36.4 Å². The van der Waals surface area contributed by atoms with Crippen LogP contribution >= 0.6 is 22.7 Å². The molecule has 6 fully saturated rings. The minimum atomic E-state index is -3.53. The van der Waals surface area contributed by atoms with Gasteiger partial charge in [-0.05, 0) is 112 Å². The number of nitrogens with zero attached hydrogens (tertiary/aromatic N) is 6. The van der Waals surface area contributed by atoms with E-state index in [1.54, 1.807) is 74.8 Å². The van der Waals surface area contributed by atoms with Crippen LogP contribution in [0.1, 0.15) is 64.5 Å². The van der Waals surface area contributed by atoms with Crippen molar-refractivity contribution in [1.82, 2.24) is 18.4 Å². The van der Waals surface area contributed by atoms with Gasteiger partial charge in [0.2, 0.25) is 0 Å². The van der Waals surface area contributed by atoms with Crippen molar-refractivity contribution in [3.63, 3.8) is 0 Å². The highest BCUT2D eigenvalue weighted by atomic mass is 32.3. The zero-order chi connectivity index (χ0) is 51.0. The van der Waals surface area contributed by atoms with Crippen LogP contribution in [0.4, 0.5) is 11.4 Å². The number of methoxy groups -OCH3 is 2. The van der Waals surface area contributed by atoms with Gasteiger partial charge in [0, 0.05) is 102 Å². The minimum Gasteiger partial charge on any atom is -0.386 e. The fourth-order valence-electron chi connectivity index (χ4n) is 11.6. The first kappa shape index (κ1) is 53.8. The second kappa shape index (κ2) is 22.3. The molecule has 6 saturated heterocycles. The van der Waals surface area contributed by atoms with Gasteiger partial charge in [0.05, 0.1) is 61.9 Å². The van der Waals surface area contributed by atoms with Crippen LogP contribution in [-0.2, 0) is 50.2 Å². The van der Waals surface area contributed by atoms with Gasteiger partial charge in [0.15, 0.2) is 0 Å². The second-order valence-electron chi connectivity index (χ2n) is 21.2. The predicted molar refractivity (Wildman–Crippen MR) is 282 cm³/mol. The number of anilines is 2. The van der Waals surface area contributed by atoms with E-state index in [0.29, 0.717) is 74.1 Å². The van der Waals surface area contributed by atoms with Crippen molar-refractivity contribution in [2.75, 3.05) is 103 Å². The standard InChI is InChI=1S/2C26H37N3O5S2/c2*1-26(2,30)19-6-8-20(9-7-19)28-11-10-27(36(31,32)25-5-4-12-35-25)15-23(28)16-29-21-13-24(33-3)14-22(29)18-34-17-21/h2*4-9,12,21-24,30H,10-11,13-18H2,1-3H3/t2*21-,22+,23-,24?/m11/s1. The Kier molecular flexibility index (Phi) is 16.6. The second-order valence-corrected chi connectivity index (χ2v) is 27.5. The molecule has 20 heteroatoms. The molecule has 396 valence electrons. The highest BCUT2D eigenvalue weighted by Gasteiger charge is 2.45. The summed E-state index contributed by atoms with van der Waals surface area (Å²) in [6.07, 6.45) is 4.20. The summed E-state index contributed by atoms with van der Waals surface area (Å²) in [4.78, 5) is 9.74. The van der Waals surface area contributed by atoms with E-state index in [9.17, 15) is 27.0 Å². The Hall–Kier alpha value is -3.06. The van der Waals surface area contributed by atoms with Crippen molar-refractivity contribution in [1.29, 1.82) is 0 Å². The average molecular weight is 1070 g/mol. The lowest BCUT2D eigenvalue weighted by atomic mass is 9.91. The van der Waals surface area contributed by atoms with Crippen LogP contribution in [0.2, 0.25) is 0 Å². The molecule has 2 aromatic heterocycles. The van der Waals surface area contributed by atoms with E-state index in [4.69, 9.17) is 18.9 Å². The smallest absolute Gasteiger partial charge is 0.252 e. The highest BCUT2D eigenvalue weighted by molar-refractivity contribution is 7.91. The monoisotopic (exact) mass is 1070 g/mol. The van der Waals surface area contributed by atoms with Gasteiger partial charge in [-0.25, -0.2) is 16.8 Å². The van der Waals surface area contributed by atoms with E-state index < -0.39 is 31.2 Å². The van der Waals surface area contributed by atoms with Crippen LogP contribution < -0.4 is 9.80 Å². The third kappa shape index (κ3) is 11.8. The molecule has 2 unspecified atom stereocenters. The molecule has 6 aliphatic heterocycles. The van der Waals surface area contributed by atoms with Crippen molar-refractivity contribution in [2.45, 2.75) is 121 Å². The summed E-state index contributed by atoms with van der Waals surface area (Å²) in [6.45, 7) is 14.3. The summed E-state index contributed by atoms with van der Waals surface area (Å²) in [5, 5.41) is 24.4. The minimum absolute atomic E-state index is 0.0105. The quantitative estimate of drug-likeness (QED) is 0.164. The largest absolute Gasteiger partial charge is 0.386 e. The lowest BCUT2D eigenvalue weighted by Crippen LogP contribution is -2.64. The maximum Gasteiger partial charge on any atom is 0.252 e. The molecule has 6 aliphatic rings. The van der Waals surface area contributed by atoms with Crippen molar-refractivity contribution in [2.24, 2.45) is 0 Å². The third-order valence-electron chi connectivity index (χ3n) is 15.6. The summed E-state index contributed by atoms with van der Waals surface area (Å²) in [6, 6.07) is 24.1. The molecule has 0 aliphatic carbocycles.